The van der Waals surface area contributed by atoms with Crippen molar-refractivity contribution in [2.24, 2.45) is 0 Å². The minimum Gasteiger partial charge on any atom is -0.298 e. The molecule has 0 aliphatic heterocycles. The maximum atomic E-state index is 10.0. The lowest BCUT2D eigenvalue weighted by Gasteiger charge is -1.84. The van der Waals surface area contributed by atoms with Crippen LogP contribution in [0.15, 0.2) is 30.3 Å². The molecule has 0 N–H and O–H groups in total. The van der Waals surface area contributed by atoms with Crippen LogP contribution in [0, 0.1) is 0 Å². The van der Waals surface area contributed by atoms with E-state index in [1.807, 2.05) is 18.2 Å². The van der Waals surface area contributed by atoms with E-state index in [1.165, 1.54) is 0 Å². The molecule has 0 fully saturated rings. The number of rotatable bonds is 4. The molecule has 0 aromatic heterocycles. The van der Waals surface area contributed by atoms with Crippen LogP contribution in [-0.4, -0.2) is 12.9 Å². The Kier molecular flexibility index (Phi) is 14.8. The summed E-state index contributed by atoms with van der Waals surface area (Å²) in [4.78, 5) is 10.0. The minimum atomic E-state index is 0. The van der Waals surface area contributed by atoms with E-state index >= 15 is 0 Å². The van der Waals surface area contributed by atoms with Gasteiger partial charge in [0.05, 0.1) is 6.61 Å². The van der Waals surface area contributed by atoms with E-state index in [-0.39, 0.29) is 16.5 Å². The first-order chi connectivity index (χ1) is 6.85. The Morgan fingerprint density at radius 2 is 1.73 bits per heavy atom. The van der Waals surface area contributed by atoms with Gasteiger partial charge in [-0.2, -0.15) is 9.90 Å². The molecule has 1 atom stereocenters. The van der Waals surface area contributed by atoms with Gasteiger partial charge < -0.3 is 0 Å². The minimum absolute atomic E-state index is 0. The van der Waals surface area contributed by atoms with Crippen LogP contribution in [0.1, 0.15) is 36.5 Å². The third kappa shape index (κ3) is 11.2. The van der Waals surface area contributed by atoms with E-state index in [2.05, 4.69) is 6.92 Å². The number of benzene rings is 1. The van der Waals surface area contributed by atoms with E-state index in [4.69, 9.17) is 0 Å². The second-order valence-corrected chi connectivity index (χ2v) is 2.94. The Balaban J connectivity index is 0. The van der Waals surface area contributed by atoms with E-state index in [0.29, 0.717) is 0 Å². The molecule has 0 aliphatic carbocycles. The van der Waals surface area contributed by atoms with Crippen LogP contribution in [0.4, 0.5) is 0 Å². The summed E-state index contributed by atoms with van der Waals surface area (Å²) in [6.07, 6.45) is 3.95. The van der Waals surface area contributed by atoms with Crippen molar-refractivity contribution in [3.63, 3.8) is 0 Å². The molecule has 1 radical (unpaired) electrons. The molecule has 0 saturated carbocycles. The van der Waals surface area contributed by atoms with Crippen molar-refractivity contribution in [3.8, 4) is 0 Å². The fourth-order valence-electron chi connectivity index (χ4n) is 0.884. The van der Waals surface area contributed by atoms with Crippen molar-refractivity contribution in [1.82, 2.24) is 0 Å². The number of carbonyl (C=O) groups excluding carboxylic acids is 1. The van der Waals surface area contributed by atoms with Crippen LogP contribution in [-0.2, 0) is 5.11 Å². The number of aldehydes is 1. The van der Waals surface area contributed by atoms with Crippen molar-refractivity contribution < 1.29 is 9.90 Å². The van der Waals surface area contributed by atoms with Gasteiger partial charge in [-0.3, -0.25) is 4.79 Å². The molecular formula is C12H20O2P. The molecule has 0 heterocycles. The number of hydrogen-bond acceptors (Lipinski definition) is 1. The van der Waals surface area contributed by atoms with Crippen molar-refractivity contribution in [1.29, 1.82) is 0 Å². The lowest BCUT2D eigenvalue weighted by molar-refractivity contribution is 0.112. The highest BCUT2D eigenvalue weighted by Gasteiger charge is 1.80. The average Bonchev–Trinajstić information content (AvgIpc) is 2.28. The molecule has 2 nitrogen and oxygen atoms in total. The Hall–Kier alpha value is -0.720. The molecule has 0 amide bonds. The van der Waals surface area contributed by atoms with Gasteiger partial charge in [-0.1, -0.05) is 50.1 Å². The Morgan fingerprint density at radius 3 is 2.00 bits per heavy atom. The van der Waals surface area contributed by atoms with Gasteiger partial charge in [0.1, 0.15) is 6.29 Å². The molecule has 3 heteroatoms. The summed E-state index contributed by atoms with van der Waals surface area (Å²) in [6, 6.07) is 9.10. The molecule has 1 unspecified atom stereocenters. The van der Waals surface area contributed by atoms with Crippen LogP contribution < -0.4 is 0 Å². The normalized spacial score (nSPS) is 8.13. The monoisotopic (exact) mass is 227 g/mol. The topological polar surface area (TPSA) is 37.0 Å². The first-order valence-corrected chi connectivity index (χ1v) is 4.93. The molecule has 0 aliphatic rings. The highest BCUT2D eigenvalue weighted by Crippen LogP contribution is 1.91. The zero-order chi connectivity index (χ0) is 10.6. The standard InChI is InChI=1S/C7H6O.C5H11O.H3P/c8-6-7-4-2-1-3-5-7;1-2-3-4-5-6;/h1-6H;2-5H2,1H3;1H3. The summed E-state index contributed by atoms with van der Waals surface area (Å²) in [7, 11) is 0. The van der Waals surface area contributed by atoms with Crippen LogP contribution in [0.25, 0.3) is 0 Å². The smallest absolute Gasteiger partial charge is 0.150 e. The van der Waals surface area contributed by atoms with E-state index in [1.54, 1.807) is 12.1 Å². The van der Waals surface area contributed by atoms with Gasteiger partial charge in [-0.25, -0.2) is 5.11 Å². The lowest BCUT2D eigenvalue weighted by atomic mass is 10.2. The Labute approximate surface area is 95.3 Å². The van der Waals surface area contributed by atoms with Crippen LogP contribution in [0.3, 0.4) is 0 Å². The zero-order valence-electron chi connectivity index (χ0n) is 9.32. The molecule has 85 valence electrons. The van der Waals surface area contributed by atoms with Gasteiger partial charge in [-0.05, 0) is 6.42 Å². The number of carbonyl (C=O) groups is 1. The quantitative estimate of drug-likeness (QED) is 0.442. The molecule has 0 bridgehead atoms. The fourth-order valence-corrected chi connectivity index (χ4v) is 0.884. The molecule has 1 rings (SSSR count). The van der Waals surface area contributed by atoms with Gasteiger partial charge in [0.15, 0.2) is 0 Å². The lowest BCUT2D eigenvalue weighted by Crippen LogP contribution is -1.76. The van der Waals surface area contributed by atoms with Crippen LogP contribution >= 0.6 is 9.90 Å². The zero-order valence-corrected chi connectivity index (χ0v) is 10.7. The SMILES string of the molecule is CCCCC[O].O=Cc1ccccc1.P. The van der Waals surface area contributed by atoms with Crippen LogP contribution in [0.5, 0.6) is 0 Å². The summed E-state index contributed by atoms with van der Waals surface area (Å²) in [5.74, 6) is 0. The molecule has 0 saturated heterocycles. The summed E-state index contributed by atoms with van der Waals surface area (Å²) in [5.41, 5.74) is 0.729. The fraction of sp³-hybridized carbons (Fsp3) is 0.417. The first-order valence-electron chi connectivity index (χ1n) is 4.93. The molecule has 0 spiro atoms. The molecular weight excluding hydrogens is 207 g/mol. The van der Waals surface area contributed by atoms with Crippen molar-refractivity contribution in [3.05, 3.63) is 35.9 Å². The van der Waals surface area contributed by atoms with E-state index in [0.717, 1.165) is 31.1 Å². The molecule has 1 aromatic carbocycles. The predicted molar refractivity (Wildman–Crippen MR) is 68.0 cm³/mol. The van der Waals surface area contributed by atoms with Gasteiger partial charge >= 0.3 is 0 Å². The summed E-state index contributed by atoms with van der Waals surface area (Å²) in [5, 5.41) is 9.69. The van der Waals surface area contributed by atoms with Gasteiger partial charge in [0.2, 0.25) is 0 Å². The van der Waals surface area contributed by atoms with Gasteiger partial charge in [-0.15, -0.1) is 0 Å². The highest BCUT2D eigenvalue weighted by molar-refractivity contribution is 6.92. The third-order valence-electron chi connectivity index (χ3n) is 1.68. The summed E-state index contributed by atoms with van der Waals surface area (Å²) >= 11 is 0. The second kappa shape index (κ2) is 13.3. The highest BCUT2D eigenvalue weighted by atomic mass is 31.0. The summed E-state index contributed by atoms with van der Waals surface area (Å²) < 4.78 is 0. The number of hydrogen-bond donors (Lipinski definition) is 0. The molecule has 1 aromatic rings. The van der Waals surface area contributed by atoms with Crippen molar-refractivity contribution in [2.45, 2.75) is 26.2 Å². The van der Waals surface area contributed by atoms with Crippen molar-refractivity contribution >= 4 is 16.2 Å². The van der Waals surface area contributed by atoms with Gasteiger partial charge in [0.25, 0.3) is 0 Å². The van der Waals surface area contributed by atoms with Crippen LogP contribution in [0.2, 0.25) is 0 Å². The Morgan fingerprint density at radius 1 is 1.13 bits per heavy atom. The Bertz CT molecular complexity index is 220. The average molecular weight is 227 g/mol. The summed E-state index contributed by atoms with van der Waals surface area (Å²) in [6.45, 7) is 2.20. The van der Waals surface area contributed by atoms with Crippen molar-refractivity contribution in [2.75, 3.05) is 6.61 Å². The van der Waals surface area contributed by atoms with E-state index in [9.17, 15) is 9.90 Å². The maximum Gasteiger partial charge on any atom is 0.150 e. The van der Waals surface area contributed by atoms with Gasteiger partial charge in [0, 0.05) is 5.56 Å². The number of unbranched alkanes of at least 4 members (excludes halogenated alkanes) is 2. The predicted octanol–water partition coefficient (Wildman–Crippen LogP) is 3.16. The maximum absolute atomic E-state index is 10.0. The third-order valence-corrected chi connectivity index (χ3v) is 1.68. The largest absolute Gasteiger partial charge is 0.298 e. The molecule has 15 heavy (non-hydrogen) atoms. The first kappa shape index (κ1) is 16.7. The van der Waals surface area contributed by atoms with E-state index < -0.39 is 0 Å². The second-order valence-electron chi connectivity index (χ2n) is 2.94.